The first kappa shape index (κ1) is 60.3. The Morgan fingerprint density at radius 3 is 1.30 bits per heavy atom. The zero-order valence-corrected chi connectivity index (χ0v) is 38.7. The molecule has 0 saturated carbocycles. The van der Waals surface area contributed by atoms with E-state index in [0.29, 0.717) is 10.9 Å². The van der Waals surface area contributed by atoms with Crippen molar-refractivity contribution in [2.24, 2.45) is 9.98 Å². The van der Waals surface area contributed by atoms with Gasteiger partial charge in [0.1, 0.15) is 0 Å². The Morgan fingerprint density at radius 1 is 0.635 bits per heavy atom. The molecule has 3 N–H and O–H groups in total. The van der Waals surface area contributed by atoms with E-state index in [2.05, 4.69) is 94.4 Å². The molecule has 0 unspecified atom stereocenters. The van der Waals surface area contributed by atoms with Crippen LogP contribution in [-0.2, 0) is 34.1 Å². The van der Waals surface area contributed by atoms with Crippen LogP contribution in [0.3, 0.4) is 0 Å². The second-order valence-corrected chi connectivity index (χ2v) is 13.2. The van der Waals surface area contributed by atoms with Crippen LogP contribution in [0, 0.1) is 10.2 Å². The molecule has 22 heteroatoms. The number of rotatable bonds is 6. The van der Waals surface area contributed by atoms with E-state index in [4.69, 9.17) is 34.0 Å². The average Bonchev–Trinajstić information content (AvgIpc) is 3.27. The van der Waals surface area contributed by atoms with Gasteiger partial charge in [-0.3, -0.25) is 24.9 Å². The summed E-state index contributed by atoms with van der Waals surface area (Å²) in [4.78, 5) is 37.4. The van der Waals surface area contributed by atoms with Crippen molar-refractivity contribution in [3.63, 3.8) is 0 Å². The number of benzene rings is 3. The summed E-state index contributed by atoms with van der Waals surface area (Å²) in [6.07, 6.45) is 7.84. The maximum absolute atomic E-state index is 11.7. The van der Waals surface area contributed by atoms with Gasteiger partial charge >= 0.3 is 34.1 Å². The van der Waals surface area contributed by atoms with Gasteiger partial charge in [-0.2, -0.15) is 0 Å². The van der Waals surface area contributed by atoms with Gasteiger partial charge in [-0.05, 0) is 81.3 Å². The van der Waals surface area contributed by atoms with Crippen LogP contribution in [0.25, 0.3) is 43.6 Å². The van der Waals surface area contributed by atoms with Crippen molar-refractivity contribution in [2.45, 2.75) is 6.42 Å². The minimum Gasteiger partial charge on any atom is -0.858 e. The first-order chi connectivity index (χ1) is 29.2. The summed E-state index contributed by atoms with van der Waals surface area (Å²) >= 11 is 3.11. The number of carbonyl (C=O) groups excluding carboxylic acids is 1. The predicted octanol–water partition coefficient (Wildman–Crippen LogP) is -1.46. The molecule has 0 amide bonds. The third-order valence-electron chi connectivity index (χ3n) is 7.29. The first-order valence-electron chi connectivity index (χ1n) is 17.5. The number of carboxylic acid groups (broad SMARTS) is 1. The number of aromatic carboxylic acids is 1. The van der Waals surface area contributed by atoms with Crippen LogP contribution in [0.4, 0.5) is 5.69 Å². The summed E-state index contributed by atoms with van der Waals surface area (Å²) in [6, 6.07) is 28.4. The van der Waals surface area contributed by atoms with Gasteiger partial charge in [-0.1, -0.05) is 64.5 Å². The molecule has 0 aliphatic heterocycles. The van der Waals surface area contributed by atoms with Crippen molar-refractivity contribution < 1.29 is 98.5 Å². The van der Waals surface area contributed by atoms with Crippen molar-refractivity contribution in [3.05, 3.63) is 126 Å². The number of fused-ring (bicyclic) bond motifs is 6. The number of aliphatic hydroxyl groups excluding tert-OH is 3. The Labute approximate surface area is 394 Å². The molecule has 2 radical (unpaired) electrons. The van der Waals surface area contributed by atoms with E-state index in [-0.39, 0.29) is 51.9 Å². The maximum Gasteiger partial charge on any atom is 2.00 e. The molecule has 63 heavy (non-hydrogen) atoms. The largest absolute Gasteiger partial charge is 2.00 e. The van der Waals surface area contributed by atoms with E-state index in [9.17, 15) is 20.1 Å². The molecule has 3 aromatic carbocycles. The van der Waals surface area contributed by atoms with Gasteiger partial charge in [0.15, 0.2) is 0 Å². The van der Waals surface area contributed by atoms with E-state index in [1.807, 2.05) is 43.3 Å². The summed E-state index contributed by atoms with van der Waals surface area (Å²) < 4.78 is 34.5. The van der Waals surface area contributed by atoms with E-state index >= 15 is 0 Å². The van der Waals surface area contributed by atoms with Crippen molar-refractivity contribution >= 4 is 83.0 Å². The van der Waals surface area contributed by atoms with Crippen LogP contribution in [0.2, 0.25) is 0 Å². The molecule has 4 aromatic heterocycles. The molecule has 0 saturated heterocycles. The summed E-state index contributed by atoms with van der Waals surface area (Å²) in [7, 11) is 1.83. The van der Waals surface area contributed by atoms with Crippen molar-refractivity contribution in [3.8, 4) is 0 Å². The summed E-state index contributed by atoms with van der Waals surface area (Å²) in [5.41, 5.74) is 3.50. The van der Waals surface area contributed by atoms with Gasteiger partial charge in [-0.25, -0.2) is 18.6 Å². The molecule has 0 aliphatic rings. The number of carbonyl (C=O) groups is 1. The standard InChI is InChI=1S/C14H18BrN3O4.2C12H8N2.3CH4O.ClHO4.Cu.Mn/c1-18(2)7-3-6-16-12(19)13(20)17-11-5-4-9(15)8-10(11)14(21)22;2*1-3-9-5-6-10-4-2-8-14-12(10)11(9)13-7-1;3*1-2;2-1(3,4)5;;/h4-5,8H,3,6-7H2,1-2H3,(H,16,19)(H,17,20)(H,21,22);2*1-8H;3*2H,1H3;(H,2,3,4,5);;/q;;;;;;;2*+2/p-4. The molecular formula is C41H43BrClCuMnN7O11. The third-order valence-corrected chi connectivity index (χ3v) is 7.78. The molecule has 7 aromatic rings. The van der Waals surface area contributed by atoms with E-state index in [0.717, 1.165) is 71.5 Å². The molecule has 7 rings (SSSR count). The first-order valence-corrected chi connectivity index (χ1v) is 19.5. The van der Waals surface area contributed by atoms with Gasteiger partial charge in [0, 0.05) is 84.2 Å². The summed E-state index contributed by atoms with van der Waals surface area (Å²) in [5.74, 6) is -3.58. The summed E-state index contributed by atoms with van der Waals surface area (Å²) in [6.45, 7) is 0.954. The maximum atomic E-state index is 11.7. The van der Waals surface area contributed by atoms with Crippen LogP contribution in [-0.4, -0.2) is 106 Å². The molecule has 0 spiro atoms. The van der Waals surface area contributed by atoms with Crippen molar-refractivity contribution in [2.75, 3.05) is 48.5 Å². The SMILES string of the molecule is CN(C)CCCN=C([O-])C([O-])=Nc1ccc(Br)cc1C(=O)[O-].CO.CO.CO.[Cu+2].[Mn+2].[O-][Cl+3]([O-])([O-])[O-].c1cnc2c(c1)ccc1cccnc12.c1cnc2c(c1)ccc1cccnc12. The molecule has 0 bridgehead atoms. The Morgan fingerprint density at radius 2 is 0.984 bits per heavy atom. The van der Waals surface area contributed by atoms with Crippen LogP contribution >= 0.6 is 15.9 Å². The second kappa shape index (κ2) is 32.8. The quantitative estimate of drug-likeness (QED) is 0.0564. The normalized spacial score (nSPS) is 10.5. The predicted molar refractivity (Wildman–Crippen MR) is 220 cm³/mol. The van der Waals surface area contributed by atoms with Gasteiger partial charge < -0.3 is 45.3 Å². The number of pyridine rings is 4. The van der Waals surface area contributed by atoms with Gasteiger partial charge in [-0.15, -0.1) is 10.2 Å². The number of aliphatic imine (C=N–C) groups is 2. The minimum absolute atomic E-state index is 0. The fourth-order valence-corrected chi connectivity index (χ4v) is 5.28. The Kier molecular flexibility index (Phi) is 31.4. The Bertz CT molecular complexity index is 2240. The summed E-state index contributed by atoms with van der Waals surface area (Å²) in [5, 5.41) is 59.7. The van der Waals surface area contributed by atoms with Crippen LogP contribution in [0.5, 0.6) is 0 Å². The zero-order valence-electron chi connectivity index (χ0n) is 34.3. The molecule has 0 fully saturated rings. The van der Waals surface area contributed by atoms with Crippen LogP contribution < -0.4 is 34.0 Å². The minimum atomic E-state index is -4.94. The number of carboxylic acids is 1. The fraction of sp³-hybridized carbons (Fsp3) is 0.195. The van der Waals surface area contributed by atoms with Crippen LogP contribution in [0.15, 0.2) is 130 Å². The molecule has 340 valence electrons. The zero-order chi connectivity index (χ0) is 46.0. The monoisotopic (exact) mass is 1040 g/mol. The van der Waals surface area contributed by atoms with Crippen molar-refractivity contribution in [1.82, 2.24) is 24.8 Å². The second-order valence-electron chi connectivity index (χ2n) is 11.5. The Hall–Kier alpha value is -4.80. The van der Waals surface area contributed by atoms with Gasteiger partial charge in [0.05, 0.1) is 33.7 Å². The Balaban J connectivity index is 0. The molecule has 18 nitrogen and oxygen atoms in total. The number of hydrogen-bond acceptors (Lipinski definition) is 18. The molecule has 0 atom stereocenters. The number of nitrogens with zero attached hydrogens (tertiary/aromatic N) is 7. The molecule has 0 aliphatic carbocycles. The average molecular weight is 1040 g/mol. The molecular weight excluding hydrogens is 1000 g/mol. The topological polar surface area (TPSA) is 319 Å². The number of aliphatic hydroxyl groups is 3. The van der Waals surface area contributed by atoms with Crippen molar-refractivity contribution in [1.29, 1.82) is 0 Å². The van der Waals surface area contributed by atoms with Gasteiger partial charge in [0.2, 0.25) is 0 Å². The van der Waals surface area contributed by atoms with Crippen LogP contribution in [0.1, 0.15) is 16.8 Å². The third kappa shape index (κ3) is 21.9. The number of aromatic nitrogens is 4. The smallest absolute Gasteiger partial charge is 0.858 e. The van der Waals surface area contributed by atoms with E-state index in [1.54, 1.807) is 24.8 Å². The van der Waals surface area contributed by atoms with Gasteiger partial charge in [0.25, 0.3) is 0 Å². The van der Waals surface area contributed by atoms with E-state index in [1.165, 1.54) is 18.2 Å². The van der Waals surface area contributed by atoms with E-state index < -0.39 is 28.0 Å². The number of halogens is 2. The molecule has 4 heterocycles. The fourth-order valence-electron chi connectivity index (χ4n) is 4.92. The number of hydrogen-bond donors (Lipinski definition) is 3.